The van der Waals surface area contributed by atoms with Crippen LogP contribution in [0.4, 0.5) is 0 Å². The molecule has 1 aliphatic rings. The molecule has 0 heterocycles. The molecule has 0 aromatic rings. The van der Waals surface area contributed by atoms with Gasteiger partial charge in [-0.2, -0.15) is 0 Å². The van der Waals surface area contributed by atoms with Crippen molar-refractivity contribution >= 4 is 0 Å². The molecular formula is C9H19N. The summed E-state index contributed by atoms with van der Waals surface area (Å²) in [5, 5.41) is 0. The molecule has 1 aliphatic carbocycles. The highest BCUT2D eigenvalue weighted by Gasteiger charge is 2.33. The predicted molar refractivity (Wildman–Crippen MR) is 44.7 cm³/mol. The van der Waals surface area contributed by atoms with Crippen LogP contribution in [-0.4, -0.2) is 6.04 Å². The normalized spacial score (nSPS) is 34.5. The molecule has 0 amide bonds. The SMILES string of the molecule is CC1C[C@@H]1C[C@H](N)C(C)C. The van der Waals surface area contributed by atoms with Crippen molar-refractivity contribution < 1.29 is 0 Å². The van der Waals surface area contributed by atoms with Crippen LogP contribution in [0.1, 0.15) is 33.6 Å². The van der Waals surface area contributed by atoms with Crippen molar-refractivity contribution in [2.75, 3.05) is 0 Å². The van der Waals surface area contributed by atoms with Gasteiger partial charge in [0.2, 0.25) is 0 Å². The molecule has 60 valence electrons. The van der Waals surface area contributed by atoms with Crippen molar-refractivity contribution in [2.45, 2.75) is 39.7 Å². The highest BCUT2D eigenvalue weighted by molar-refractivity contribution is 4.86. The van der Waals surface area contributed by atoms with Crippen LogP contribution >= 0.6 is 0 Å². The van der Waals surface area contributed by atoms with Gasteiger partial charge in [0.25, 0.3) is 0 Å². The molecule has 3 atom stereocenters. The van der Waals surface area contributed by atoms with E-state index in [4.69, 9.17) is 5.73 Å². The van der Waals surface area contributed by atoms with Crippen molar-refractivity contribution in [3.8, 4) is 0 Å². The second-order valence-corrected chi connectivity index (χ2v) is 4.12. The molecule has 1 saturated carbocycles. The van der Waals surface area contributed by atoms with E-state index in [1.54, 1.807) is 0 Å². The average Bonchev–Trinajstić information content (AvgIpc) is 2.46. The Morgan fingerprint density at radius 1 is 1.50 bits per heavy atom. The molecule has 0 bridgehead atoms. The van der Waals surface area contributed by atoms with Gasteiger partial charge in [-0.15, -0.1) is 0 Å². The van der Waals surface area contributed by atoms with Gasteiger partial charge in [0.1, 0.15) is 0 Å². The molecule has 0 aromatic heterocycles. The van der Waals surface area contributed by atoms with E-state index in [1.807, 2.05) is 0 Å². The van der Waals surface area contributed by atoms with Crippen LogP contribution in [0, 0.1) is 17.8 Å². The lowest BCUT2D eigenvalue weighted by atomic mass is 9.99. The van der Waals surface area contributed by atoms with Gasteiger partial charge >= 0.3 is 0 Å². The van der Waals surface area contributed by atoms with E-state index in [0.29, 0.717) is 12.0 Å². The van der Waals surface area contributed by atoms with Crippen molar-refractivity contribution in [3.05, 3.63) is 0 Å². The molecule has 1 nitrogen and oxygen atoms in total. The number of rotatable bonds is 3. The van der Waals surface area contributed by atoms with Crippen LogP contribution in [0.5, 0.6) is 0 Å². The van der Waals surface area contributed by atoms with E-state index in [9.17, 15) is 0 Å². The fraction of sp³-hybridized carbons (Fsp3) is 1.00. The van der Waals surface area contributed by atoms with Crippen molar-refractivity contribution in [1.29, 1.82) is 0 Å². The van der Waals surface area contributed by atoms with Gasteiger partial charge in [-0.05, 0) is 30.6 Å². The Morgan fingerprint density at radius 2 is 2.00 bits per heavy atom. The second-order valence-electron chi connectivity index (χ2n) is 4.12. The summed E-state index contributed by atoms with van der Waals surface area (Å²) in [6, 6.07) is 0.440. The Balaban J connectivity index is 2.13. The minimum Gasteiger partial charge on any atom is -0.327 e. The van der Waals surface area contributed by atoms with Crippen LogP contribution in [0.15, 0.2) is 0 Å². The van der Waals surface area contributed by atoms with Crippen molar-refractivity contribution in [2.24, 2.45) is 23.5 Å². The summed E-state index contributed by atoms with van der Waals surface area (Å²) in [7, 11) is 0. The first-order valence-corrected chi connectivity index (χ1v) is 4.37. The molecule has 1 heteroatoms. The standard InChI is InChI=1S/C9H19N/c1-6(2)9(10)5-8-4-7(8)3/h6-9H,4-5,10H2,1-3H3/t7?,8-,9+/m1/s1. The second kappa shape index (κ2) is 2.91. The maximum atomic E-state index is 5.92. The lowest BCUT2D eigenvalue weighted by molar-refractivity contribution is 0.434. The summed E-state index contributed by atoms with van der Waals surface area (Å²) in [5.41, 5.74) is 5.92. The maximum absolute atomic E-state index is 5.92. The maximum Gasteiger partial charge on any atom is 0.00646 e. The first-order chi connectivity index (χ1) is 4.61. The third-order valence-corrected chi connectivity index (χ3v) is 2.71. The van der Waals surface area contributed by atoms with E-state index in [0.717, 1.165) is 11.8 Å². The van der Waals surface area contributed by atoms with Crippen LogP contribution in [0.25, 0.3) is 0 Å². The quantitative estimate of drug-likeness (QED) is 0.639. The molecule has 0 aliphatic heterocycles. The van der Waals surface area contributed by atoms with E-state index in [-0.39, 0.29) is 0 Å². The zero-order valence-electron chi connectivity index (χ0n) is 7.30. The highest BCUT2D eigenvalue weighted by Crippen LogP contribution is 2.41. The Morgan fingerprint density at radius 3 is 2.30 bits per heavy atom. The Labute approximate surface area is 64.0 Å². The van der Waals surface area contributed by atoms with Crippen LogP contribution in [0.3, 0.4) is 0 Å². The van der Waals surface area contributed by atoms with Crippen LogP contribution in [0.2, 0.25) is 0 Å². The Bertz CT molecular complexity index is 109. The minimum atomic E-state index is 0.440. The zero-order chi connectivity index (χ0) is 7.72. The fourth-order valence-corrected chi connectivity index (χ4v) is 1.35. The van der Waals surface area contributed by atoms with Gasteiger partial charge in [0.15, 0.2) is 0 Å². The molecule has 1 unspecified atom stereocenters. The molecule has 0 saturated heterocycles. The number of nitrogens with two attached hydrogens (primary N) is 1. The lowest BCUT2D eigenvalue weighted by Gasteiger charge is -2.14. The van der Waals surface area contributed by atoms with Gasteiger partial charge in [0.05, 0.1) is 0 Å². The average molecular weight is 141 g/mol. The highest BCUT2D eigenvalue weighted by atomic mass is 14.7. The van der Waals surface area contributed by atoms with Crippen LogP contribution < -0.4 is 5.73 Å². The largest absolute Gasteiger partial charge is 0.327 e. The number of hydrogen-bond donors (Lipinski definition) is 1. The van der Waals surface area contributed by atoms with Crippen molar-refractivity contribution in [3.63, 3.8) is 0 Å². The van der Waals surface area contributed by atoms with Crippen LogP contribution in [-0.2, 0) is 0 Å². The monoisotopic (exact) mass is 141 g/mol. The summed E-state index contributed by atoms with van der Waals surface area (Å²) < 4.78 is 0. The predicted octanol–water partition coefficient (Wildman–Crippen LogP) is 2.02. The molecule has 1 rings (SSSR count). The minimum absolute atomic E-state index is 0.440. The first kappa shape index (κ1) is 8.06. The lowest BCUT2D eigenvalue weighted by Crippen LogP contribution is -2.26. The Hall–Kier alpha value is -0.0400. The van der Waals surface area contributed by atoms with Gasteiger partial charge in [-0.1, -0.05) is 20.8 Å². The van der Waals surface area contributed by atoms with Gasteiger partial charge in [0, 0.05) is 6.04 Å². The molecule has 0 radical (unpaired) electrons. The van der Waals surface area contributed by atoms with Gasteiger partial charge in [-0.25, -0.2) is 0 Å². The molecular weight excluding hydrogens is 122 g/mol. The first-order valence-electron chi connectivity index (χ1n) is 4.37. The molecule has 1 fully saturated rings. The van der Waals surface area contributed by atoms with E-state index in [2.05, 4.69) is 20.8 Å². The summed E-state index contributed by atoms with van der Waals surface area (Å²) in [4.78, 5) is 0. The summed E-state index contributed by atoms with van der Waals surface area (Å²) in [6.45, 7) is 6.73. The third kappa shape index (κ3) is 1.98. The summed E-state index contributed by atoms with van der Waals surface area (Å²) >= 11 is 0. The van der Waals surface area contributed by atoms with Crippen molar-refractivity contribution in [1.82, 2.24) is 0 Å². The molecule has 0 aromatic carbocycles. The van der Waals surface area contributed by atoms with E-state index < -0.39 is 0 Å². The Kier molecular flexibility index (Phi) is 2.35. The molecule has 10 heavy (non-hydrogen) atoms. The smallest absolute Gasteiger partial charge is 0.00646 e. The summed E-state index contributed by atoms with van der Waals surface area (Å²) in [6.07, 6.45) is 2.67. The molecule has 2 N–H and O–H groups in total. The summed E-state index contributed by atoms with van der Waals surface area (Å²) in [5.74, 6) is 2.58. The van der Waals surface area contributed by atoms with Gasteiger partial charge < -0.3 is 5.73 Å². The van der Waals surface area contributed by atoms with Gasteiger partial charge in [-0.3, -0.25) is 0 Å². The van der Waals surface area contributed by atoms with E-state index in [1.165, 1.54) is 12.8 Å². The van der Waals surface area contributed by atoms with E-state index >= 15 is 0 Å². The number of hydrogen-bond acceptors (Lipinski definition) is 1. The fourth-order valence-electron chi connectivity index (χ4n) is 1.35. The third-order valence-electron chi connectivity index (χ3n) is 2.71. The zero-order valence-corrected chi connectivity index (χ0v) is 7.30. The molecule has 0 spiro atoms. The topological polar surface area (TPSA) is 26.0 Å².